The van der Waals surface area contributed by atoms with Gasteiger partial charge in [0.2, 0.25) is 0 Å². The fraction of sp³-hybridized carbons (Fsp3) is 0.130. The van der Waals surface area contributed by atoms with Crippen molar-refractivity contribution >= 4 is 34.8 Å². The molecule has 0 saturated carbocycles. The molecule has 0 bridgehead atoms. The third-order valence-electron chi connectivity index (χ3n) is 4.73. The fourth-order valence-corrected chi connectivity index (χ4v) is 3.34. The predicted octanol–water partition coefficient (Wildman–Crippen LogP) is 4.56. The van der Waals surface area contributed by atoms with Crippen LogP contribution in [-0.4, -0.2) is 25.0 Å². The third-order valence-corrected chi connectivity index (χ3v) is 4.99. The van der Waals surface area contributed by atoms with Gasteiger partial charge in [-0.15, -0.1) is 0 Å². The Kier molecular flexibility index (Phi) is 5.49. The minimum absolute atomic E-state index is 0.0122. The molecule has 0 spiro atoms. The first-order chi connectivity index (χ1) is 14.1. The zero-order valence-electron chi connectivity index (χ0n) is 15.6. The number of amides is 2. The minimum Gasteiger partial charge on any atom is -0.482 e. The molecule has 1 aliphatic rings. The van der Waals surface area contributed by atoms with Crippen LogP contribution in [0, 0.1) is 0 Å². The van der Waals surface area contributed by atoms with E-state index in [0.29, 0.717) is 34.3 Å². The van der Waals surface area contributed by atoms with Gasteiger partial charge in [-0.25, -0.2) is 0 Å². The van der Waals surface area contributed by atoms with Crippen molar-refractivity contribution < 1.29 is 14.3 Å². The van der Waals surface area contributed by atoms with E-state index in [2.05, 4.69) is 5.32 Å². The summed E-state index contributed by atoms with van der Waals surface area (Å²) < 4.78 is 5.56. The third kappa shape index (κ3) is 4.41. The highest BCUT2D eigenvalue weighted by molar-refractivity contribution is 6.30. The second kappa shape index (κ2) is 8.37. The highest BCUT2D eigenvalue weighted by Crippen LogP contribution is 2.34. The van der Waals surface area contributed by atoms with Gasteiger partial charge in [0.05, 0.1) is 5.69 Å². The first-order valence-electron chi connectivity index (χ1n) is 9.28. The highest BCUT2D eigenvalue weighted by Gasteiger charge is 2.25. The zero-order valence-corrected chi connectivity index (χ0v) is 16.4. The van der Waals surface area contributed by atoms with Crippen molar-refractivity contribution in [2.45, 2.75) is 6.42 Å². The molecule has 0 aliphatic carbocycles. The summed E-state index contributed by atoms with van der Waals surface area (Å²) in [6, 6.07) is 22.0. The van der Waals surface area contributed by atoms with Crippen LogP contribution in [0.3, 0.4) is 0 Å². The van der Waals surface area contributed by atoms with Crippen molar-refractivity contribution in [2.75, 3.05) is 23.4 Å². The summed E-state index contributed by atoms with van der Waals surface area (Å²) in [6.45, 7) is 0.548. The van der Waals surface area contributed by atoms with Crippen LogP contribution in [0.15, 0.2) is 72.8 Å². The predicted molar refractivity (Wildman–Crippen MR) is 114 cm³/mol. The van der Waals surface area contributed by atoms with Gasteiger partial charge in [-0.05, 0) is 54.4 Å². The molecule has 146 valence electrons. The molecule has 0 saturated heterocycles. The van der Waals surface area contributed by atoms with E-state index in [1.165, 1.54) is 0 Å². The lowest BCUT2D eigenvalue weighted by Gasteiger charge is -2.30. The normalized spacial score (nSPS) is 12.9. The van der Waals surface area contributed by atoms with Crippen LogP contribution >= 0.6 is 11.6 Å². The molecular formula is C23H19ClN2O3. The Morgan fingerprint density at radius 2 is 1.79 bits per heavy atom. The van der Waals surface area contributed by atoms with E-state index in [4.69, 9.17) is 16.3 Å². The maximum absolute atomic E-state index is 12.5. The lowest BCUT2D eigenvalue weighted by Crippen LogP contribution is -2.40. The van der Waals surface area contributed by atoms with Gasteiger partial charge < -0.3 is 15.0 Å². The van der Waals surface area contributed by atoms with E-state index >= 15 is 0 Å². The van der Waals surface area contributed by atoms with E-state index in [9.17, 15) is 9.59 Å². The number of nitrogens with one attached hydrogen (secondary N) is 1. The summed E-state index contributed by atoms with van der Waals surface area (Å²) in [7, 11) is 0. The summed E-state index contributed by atoms with van der Waals surface area (Å²) in [4.78, 5) is 26.7. The maximum atomic E-state index is 12.5. The van der Waals surface area contributed by atoms with Crippen LogP contribution in [0.1, 0.15) is 15.9 Å². The van der Waals surface area contributed by atoms with Gasteiger partial charge in [-0.2, -0.15) is 0 Å². The molecule has 0 aromatic heterocycles. The molecule has 3 aromatic carbocycles. The van der Waals surface area contributed by atoms with Crippen LogP contribution in [0.2, 0.25) is 5.02 Å². The van der Waals surface area contributed by atoms with E-state index in [1.807, 2.05) is 30.3 Å². The number of ether oxygens (including phenoxy) is 1. The highest BCUT2D eigenvalue weighted by atomic mass is 35.5. The standard InChI is InChI=1S/C23H19ClN2O3/c24-18-8-6-17(7-9-18)23(28)25-19-10-11-21-20(14-19)26(22(27)15-29-21)13-12-16-4-2-1-3-5-16/h1-11,14H,12-13,15H2,(H,25,28). The van der Waals surface area contributed by atoms with Crippen LogP contribution in [0.25, 0.3) is 0 Å². The molecule has 2 amide bonds. The van der Waals surface area contributed by atoms with Gasteiger partial charge in [0.15, 0.2) is 6.61 Å². The van der Waals surface area contributed by atoms with Gasteiger partial charge in [0, 0.05) is 22.8 Å². The Balaban J connectivity index is 1.53. The first-order valence-corrected chi connectivity index (χ1v) is 9.66. The molecule has 4 rings (SSSR count). The Morgan fingerprint density at radius 3 is 2.55 bits per heavy atom. The van der Waals surface area contributed by atoms with Crippen molar-refractivity contribution in [2.24, 2.45) is 0 Å². The molecule has 29 heavy (non-hydrogen) atoms. The van der Waals surface area contributed by atoms with Gasteiger partial charge in [-0.1, -0.05) is 41.9 Å². The first kappa shape index (κ1) is 19.0. The molecule has 5 nitrogen and oxygen atoms in total. The number of anilines is 2. The number of nitrogens with zero attached hydrogens (tertiary/aromatic N) is 1. The summed E-state index contributed by atoms with van der Waals surface area (Å²) in [5, 5.41) is 3.43. The second-order valence-electron chi connectivity index (χ2n) is 6.71. The number of carbonyl (C=O) groups excluding carboxylic acids is 2. The largest absolute Gasteiger partial charge is 0.482 e. The number of halogens is 1. The average molecular weight is 407 g/mol. The van der Waals surface area contributed by atoms with Gasteiger partial charge >= 0.3 is 0 Å². The smallest absolute Gasteiger partial charge is 0.265 e. The quantitative estimate of drug-likeness (QED) is 0.675. The molecule has 1 heterocycles. The number of carbonyl (C=O) groups is 2. The Morgan fingerprint density at radius 1 is 1.03 bits per heavy atom. The van der Waals surface area contributed by atoms with Crippen LogP contribution in [0.5, 0.6) is 5.75 Å². The van der Waals surface area contributed by atoms with Crippen LogP contribution in [0.4, 0.5) is 11.4 Å². The minimum atomic E-state index is -0.250. The van der Waals surface area contributed by atoms with Gasteiger partial charge in [-0.3, -0.25) is 9.59 Å². The van der Waals surface area contributed by atoms with Crippen LogP contribution < -0.4 is 15.0 Å². The Hall–Kier alpha value is -3.31. The number of hydrogen-bond acceptors (Lipinski definition) is 3. The summed E-state index contributed by atoms with van der Waals surface area (Å²) in [5.74, 6) is 0.275. The maximum Gasteiger partial charge on any atom is 0.265 e. The molecule has 1 N–H and O–H groups in total. The SMILES string of the molecule is O=C(Nc1ccc2c(c1)N(CCc1ccccc1)C(=O)CO2)c1ccc(Cl)cc1. The van der Waals surface area contributed by atoms with E-state index in [0.717, 1.165) is 12.0 Å². The molecule has 3 aromatic rings. The van der Waals surface area contributed by atoms with E-state index in [-0.39, 0.29) is 18.4 Å². The topological polar surface area (TPSA) is 58.6 Å². The summed E-state index contributed by atoms with van der Waals surface area (Å²) in [5.41, 5.74) is 2.90. The molecule has 0 fully saturated rings. The van der Waals surface area contributed by atoms with Crippen LogP contribution in [-0.2, 0) is 11.2 Å². The molecule has 0 unspecified atom stereocenters. The van der Waals surface area contributed by atoms with Gasteiger partial charge in [0.1, 0.15) is 5.75 Å². The number of hydrogen-bond donors (Lipinski definition) is 1. The van der Waals surface area contributed by atoms with E-state index in [1.54, 1.807) is 47.4 Å². The van der Waals surface area contributed by atoms with Crippen molar-refractivity contribution in [3.8, 4) is 5.75 Å². The molecule has 6 heteroatoms. The van der Waals surface area contributed by atoms with Crippen molar-refractivity contribution in [3.05, 3.63) is 88.9 Å². The van der Waals surface area contributed by atoms with Crippen molar-refractivity contribution in [3.63, 3.8) is 0 Å². The lowest BCUT2D eigenvalue weighted by atomic mass is 10.1. The Bertz CT molecular complexity index is 1040. The molecular weight excluding hydrogens is 388 g/mol. The second-order valence-corrected chi connectivity index (χ2v) is 7.15. The Labute approximate surface area is 173 Å². The number of rotatable bonds is 5. The van der Waals surface area contributed by atoms with Crippen molar-refractivity contribution in [1.29, 1.82) is 0 Å². The number of benzene rings is 3. The van der Waals surface area contributed by atoms with Crippen molar-refractivity contribution in [1.82, 2.24) is 0 Å². The average Bonchev–Trinajstić information content (AvgIpc) is 2.74. The zero-order chi connectivity index (χ0) is 20.2. The van der Waals surface area contributed by atoms with E-state index < -0.39 is 0 Å². The summed E-state index contributed by atoms with van der Waals surface area (Å²) >= 11 is 5.88. The molecule has 0 radical (unpaired) electrons. The van der Waals surface area contributed by atoms with Gasteiger partial charge in [0.25, 0.3) is 11.8 Å². The monoisotopic (exact) mass is 406 g/mol. The molecule has 1 aliphatic heterocycles. The molecule has 0 atom stereocenters. The number of fused-ring (bicyclic) bond motifs is 1. The summed E-state index contributed by atoms with van der Waals surface area (Å²) in [6.07, 6.45) is 0.730. The fourth-order valence-electron chi connectivity index (χ4n) is 3.22. The lowest BCUT2D eigenvalue weighted by molar-refractivity contribution is -0.121.